The summed E-state index contributed by atoms with van der Waals surface area (Å²) in [6, 6.07) is 3.11. The SMILES string of the molecule is CCN(C(=O)O)c1cc(Cl)ccn1. The van der Waals surface area contributed by atoms with E-state index < -0.39 is 6.09 Å². The van der Waals surface area contributed by atoms with Crippen LogP contribution in [0.3, 0.4) is 0 Å². The van der Waals surface area contributed by atoms with E-state index in [4.69, 9.17) is 16.7 Å². The molecule has 70 valence electrons. The summed E-state index contributed by atoms with van der Waals surface area (Å²) >= 11 is 5.69. The van der Waals surface area contributed by atoms with Crippen molar-refractivity contribution in [3.8, 4) is 0 Å². The lowest BCUT2D eigenvalue weighted by Gasteiger charge is -2.15. The zero-order chi connectivity index (χ0) is 9.84. The van der Waals surface area contributed by atoms with Crippen molar-refractivity contribution < 1.29 is 9.90 Å². The fraction of sp³-hybridized carbons (Fsp3) is 0.250. The van der Waals surface area contributed by atoms with Crippen LogP contribution in [0.25, 0.3) is 0 Å². The minimum Gasteiger partial charge on any atom is -0.465 e. The summed E-state index contributed by atoms with van der Waals surface area (Å²) in [5.74, 6) is 0.350. The van der Waals surface area contributed by atoms with Gasteiger partial charge in [0.2, 0.25) is 0 Å². The quantitative estimate of drug-likeness (QED) is 0.797. The Bertz CT molecular complexity index is 317. The van der Waals surface area contributed by atoms with Crippen LogP contribution in [0.15, 0.2) is 18.3 Å². The largest absolute Gasteiger partial charge is 0.465 e. The zero-order valence-corrected chi connectivity index (χ0v) is 7.82. The number of anilines is 1. The van der Waals surface area contributed by atoms with Crippen LogP contribution in [0.5, 0.6) is 0 Å². The molecule has 0 fully saturated rings. The van der Waals surface area contributed by atoms with Crippen LogP contribution in [0.2, 0.25) is 5.02 Å². The monoisotopic (exact) mass is 200 g/mol. The van der Waals surface area contributed by atoms with E-state index in [0.717, 1.165) is 4.90 Å². The second-order valence-corrected chi connectivity index (χ2v) is 2.80. The maximum Gasteiger partial charge on any atom is 0.412 e. The molecule has 0 spiro atoms. The van der Waals surface area contributed by atoms with Crippen LogP contribution in [0, 0.1) is 0 Å². The topological polar surface area (TPSA) is 53.4 Å². The summed E-state index contributed by atoms with van der Waals surface area (Å²) in [7, 11) is 0. The Labute approximate surface area is 80.8 Å². The van der Waals surface area contributed by atoms with Crippen LogP contribution in [-0.4, -0.2) is 22.7 Å². The summed E-state index contributed by atoms with van der Waals surface area (Å²) in [6.45, 7) is 2.08. The standard InChI is InChI=1S/C8H9ClN2O2/c1-2-11(8(12)13)7-5-6(9)3-4-10-7/h3-5H,2H2,1H3,(H,12,13). The van der Waals surface area contributed by atoms with Gasteiger partial charge in [-0.15, -0.1) is 0 Å². The van der Waals surface area contributed by atoms with Crippen LogP contribution >= 0.6 is 11.6 Å². The molecule has 0 aliphatic rings. The van der Waals surface area contributed by atoms with Gasteiger partial charge >= 0.3 is 6.09 Å². The third kappa shape index (κ3) is 2.32. The average Bonchev–Trinajstić information content (AvgIpc) is 2.04. The van der Waals surface area contributed by atoms with Gasteiger partial charge in [0.1, 0.15) is 5.82 Å². The van der Waals surface area contributed by atoms with Crippen molar-refractivity contribution >= 4 is 23.5 Å². The van der Waals surface area contributed by atoms with Crippen LogP contribution in [-0.2, 0) is 0 Å². The molecule has 13 heavy (non-hydrogen) atoms. The fourth-order valence-corrected chi connectivity index (χ4v) is 1.09. The predicted molar refractivity (Wildman–Crippen MR) is 50.3 cm³/mol. The van der Waals surface area contributed by atoms with Gasteiger partial charge in [-0.05, 0) is 19.1 Å². The first kappa shape index (κ1) is 9.80. The first-order valence-electron chi connectivity index (χ1n) is 3.77. The second-order valence-electron chi connectivity index (χ2n) is 2.36. The maximum atomic E-state index is 10.7. The molecule has 0 saturated heterocycles. The summed E-state index contributed by atoms with van der Waals surface area (Å²) in [5.41, 5.74) is 0. The van der Waals surface area contributed by atoms with Crippen molar-refractivity contribution in [2.75, 3.05) is 11.4 Å². The van der Waals surface area contributed by atoms with E-state index in [1.165, 1.54) is 12.3 Å². The number of aromatic nitrogens is 1. The van der Waals surface area contributed by atoms with Gasteiger partial charge in [-0.25, -0.2) is 9.78 Å². The van der Waals surface area contributed by atoms with E-state index in [-0.39, 0.29) is 0 Å². The number of rotatable bonds is 2. The summed E-state index contributed by atoms with van der Waals surface area (Å²) < 4.78 is 0. The van der Waals surface area contributed by atoms with Crippen molar-refractivity contribution in [3.63, 3.8) is 0 Å². The molecule has 1 aromatic heterocycles. The predicted octanol–water partition coefficient (Wildman–Crippen LogP) is 2.24. The highest BCUT2D eigenvalue weighted by Crippen LogP contribution is 2.15. The van der Waals surface area contributed by atoms with Crippen LogP contribution in [0.4, 0.5) is 10.6 Å². The van der Waals surface area contributed by atoms with Crippen molar-refractivity contribution in [3.05, 3.63) is 23.4 Å². The molecule has 0 atom stereocenters. The smallest absolute Gasteiger partial charge is 0.412 e. The van der Waals surface area contributed by atoms with Gasteiger partial charge < -0.3 is 5.11 Å². The number of amides is 1. The molecule has 1 aromatic rings. The van der Waals surface area contributed by atoms with Crippen LogP contribution in [0.1, 0.15) is 6.92 Å². The van der Waals surface area contributed by atoms with Crippen LogP contribution < -0.4 is 4.90 Å². The molecule has 0 saturated carbocycles. The number of nitrogens with zero attached hydrogens (tertiary/aromatic N) is 2. The molecule has 0 aromatic carbocycles. The summed E-state index contributed by atoms with van der Waals surface area (Å²) in [5, 5.41) is 9.24. The first-order chi connectivity index (χ1) is 6.15. The third-order valence-electron chi connectivity index (χ3n) is 1.53. The van der Waals surface area contributed by atoms with Gasteiger partial charge in [-0.3, -0.25) is 4.90 Å². The highest BCUT2D eigenvalue weighted by Gasteiger charge is 2.12. The number of halogens is 1. The molecular weight excluding hydrogens is 192 g/mol. The van der Waals surface area contributed by atoms with E-state index in [0.29, 0.717) is 17.4 Å². The van der Waals surface area contributed by atoms with E-state index >= 15 is 0 Å². The Morgan fingerprint density at radius 2 is 2.46 bits per heavy atom. The Morgan fingerprint density at radius 1 is 1.77 bits per heavy atom. The number of hydrogen-bond donors (Lipinski definition) is 1. The van der Waals surface area contributed by atoms with Gasteiger partial charge in [0.15, 0.2) is 0 Å². The highest BCUT2D eigenvalue weighted by atomic mass is 35.5. The number of pyridine rings is 1. The Morgan fingerprint density at radius 3 is 2.92 bits per heavy atom. The molecule has 5 heteroatoms. The molecule has 1 N–H and O–H groups in total. The lowest BCUT2D eigenvalue weighted by atomic mass is 10.4. The maximum absolute atomic E-state index is 10.7. The van der Waals surface area contributed by atoms with E-state index in [1.54, 1.807) is 13.0 Å². The summed E-state index contributed by atoms with van der Waals surface area (Å²) in [6.07, 6.45) is 0.445. The lowest BCUT2D eigenvalue weighted by molar-refractivity contribution is 0.202. The van der Waals surface area contributed by atoms with Gasteiger partial charge in [0.25, 0.3) is 0 Å². The molecule has 1 amide bonds. The second kappa shape index (κ2) is 4.09. The number of hydrogen-bond acceptors (Lipinski definition) is 2. The number of carbonyl (C=O) groups is 1. The average molecular weight is 201 g/mol. The molecule has 0 unspecified atom stereocenters. The highest BCUT2D eigenvalue weighted by molar-refractivity contribution is 6.30. The van der Waals surface area contributed by atoms with Gasteiger partial charge in [0, 0.05) is 17.8 Å². The fourth-order valence-electron chi connectivity index (χ4n) is 0.936. The molecule has 0 aliphatic heterocycles. The normalized spacial score (nSPS) is 9.69. The van der Waals surface area contributed by atoms with E-state index in [2.05, 4.69) is 4.98 Å². The molecule has 1 heterocycles. The third-order valence-corrected chi connectivity index (χ3v) is 1.77. The Hall–Kier alpha value is -1.29. The Kier molecular flexibility index (Phi) is 3.08. The molecule has 1 rings (SSSR count). The molecule has 0 aliphatic carbocycles. The van der Waals surface area contributed by atoms with Crippen molar-refractivity contribution in [1.29, 1.82) is 0 Å². The molecule has 4 nitrogen and oxygen atoms in total. The minimum absolute atomic E-state index is 0.350. The van der Waals surface area contributed by atoms with Gasteiger partial charge in [-0.2, -0.15) is 0 Å². The van der Waals surface area contributed by atoms with Crippen molar-refractivity contribution in [2.24, 2.45) is 0 Å². The van der Waals surface area contributed by atoms with E-state index in [1.807, 2.05) is 0 Å². The molecule has 0 radical (unpaired) electrons. The zero-order valence-electron chi connectivity index (χ0n) is 7.07. The summed E-state index contributed by atoms with van der Waals surface area (Å²) in [4.78, 5) is 15.7. The van der Waals surface area contributed by atoms with Gasteiger partial charge in [0.05, 0.1) is 0 Å². The van der Waals surface area contributed by atoms with Gasteiger partial charge in [-0.1, -0.05) is 11.6 Å². The Balaban J connectivity index is 2.98. The van der Waals surface area contributed by atoms with Crippen molar-refractivity contribution in [2.45, 2.75) is 6.92 Å². The minimum atomic E-state index is -1.03. The van der Waals surface area contributed by atoms with E-state index in [9.17, 15) is 4.79 Å². The first-order valence-corrected chi connectivity index (χ1v) is 4.15. The van der Waals surface area contributed by atoms with Crippen molar-refractivity contribution in [1.82, 2.24) is 4.98 Å². The molecular formula is C8H9ClN2O2. The number of carboxylic acid groups (broad SMARTS) is 1. The lowest BCUT2D eigenvalue weighted by Crippen LogP contribution is -2.29. The molecule has 0 bridgehead atoms.